The molecule has 0 aliphatic rings. The second-order valence-corrected chi connectivity index (χ2v) is 11.6. The lowest BCUT2D eigenvalue weighted by Crippen LogP contribution is -2.34. The van der Waals surface area contributed by atoms with Gasteiger partial charge in [0.25, 0.3) is 0 Å². The Morgan fingerprint density at radius 3 is 2.39 bits per heavy atom. The number of ether oxygens (including phenoxy) is 2. The zero-order valence-corrected chi connectivity index (χ0v) is 21.0. The van der Waals surface area contributed by atoms with E-state index in [2.05, 4.69) is 4.98 Å². The minimum atomic E-state index is -3.41. The number of hydrogen-bond acceptors (Lipinski definition) is 7. The van der Waals surface area contributed by atoms with Crippen molar-refractivity contribution in [3.8, 4) is 5.75 Å². The third-order valence-electron chi connectivity index (χ3n) is 3.87. The van der Waals surface area contributed by atoms with E-state index in [9.17, 15) is 13.2 Å². The van der Waals surface area contributed by atoms with Gasteiger partial charge in [0.15, 0.2) is 5.69 Å². The van der Waals surface area contributed by atoms with Crippen LogP contribution in [0, 0.1) is 0 Å². The molecular formula is C20H26Cl2N2O5S2. The van der Waals surface area contributed by atoms with Gasteiger partial charge in [0, 0.05) is 34.9 Å². The summed E-state index contributed by atoms with van der Waals surface area (Å²) in [6, 6.07) is 4.82. The summed E-state index contributed by atoms with van der Waals surface area (Å²) in [4.78, 5) is 16.4. The summed E-state index contributed by atoms with van der Waals surface area (Å²) < 4.78 is 36.5. The smallest absolute Gasteiger partial charge is 0.358 e. The van der Waals surface area contributed by atoms with Crippen LogP contribution in [0.3, 0.4) is 0 Å². The number of sulfonamides is 1. The molecular weight excluding hydrogens is 483 g/mol. The van der Waals surface area contributed by atoms with Crippen LogP contribution in [0.1, 0.15) is 42.7 Å². The number of thiazole rings is 1. The molecule has 1 aromatic carbocycles. The van der Waals surface area contributed by atoms with Crippen LogP contribution in [0.5, 0.6) is 5.75 Å². The van der Waals surface area contributed by atoms with Gasteiger partial charge >= 0.3 is 5.97 Å². The zero-order valence-electron chi connectivity index (χ0n) is 17.9. The molecule has 31 heavy (non-hydrogen) atoms. The molecule has 0 saturated heterocycles. The Morgan fingerprint density at radius 1 is 1.16 bits per heavy atom. The Kier molecular flexibility index (Phi) is 9.14. The summed E-state index contributed by atoms with van der Waals surface area (Å²) in [5.41, 5.74) is -0.321. The molecule has 0 spiro atoms. The number of carbonyl (C=O) groups is 1. The van der Waals surface area contributed by atoms with Crippen molar-refractivity contribution in [3.63, 3.8) is 0 Å². The second kappa shape index (κ2) is 11.0. The van der Waals surface area contributed by atoms with Crippen molar-refractivity contribution >= 4 is 50.5 Å². The van der Waals surface area contributed by atoms with Gasteiger partial charge in [-0.05, 0) is 45.4 Å². The highest BCUT2D eigenvalue weighted by atomic mass is 35.5. The fourth-order valence-corrected chi connectivity index (χ4v) is 4.76. The minimum Gasteiger partial charge on any atom is -0.492 e. The molecule has 0 aliphatic heterocycles. The highest BCUT2D eigenvalue weighted by Gasteiger charge is 2.21. The number of halogens is 2. The molecule has 0 saturated carbocycles. The topological polar surface area (TPSA) is 85.8 Å². The van der Waals surface area contributed by atoms with E-state index < -0.39 is 21.6 Å². The number of aryl methyl sites for hydroxylation is 1. The third kappa shape index (κ3) is 9.33. The molecule has 0 atom stereocenters. The van der Waals surface area contributed by atoms with Gasteiger partial charge in [-0.1, -0.05) is 23.2 Å². The SMILES string of the molecule is CC(C)(C)OC(=O)c1csc(CCCN(CCOc2cc(Cl)cc(Cl)c2)S(C)(=O)=O)n1. The number of aromatic nitrogens is 1. The molecule has 0 bridgehead atoms. The van der Waals surface area contributed by atoms with E-state index in [4.69, 9.17) is 32.7 Å². The average molecular weight is 509 g/mol. The fourth-order valence-electron chi connectivity index (χ4n) is 2.58. The largest absolute Gasteiger partial charge is 0.492 e. The van der Waals surface area contributed by atoms with E-state index in [1.807, 2.05) is 0 Å². The monoisotopic (exact) mass is 508 g/mol. The van der Waals surface area contributed by atoms with Gasteiger partial charge in [-0.25, -0.2) is 18.2 Å². The molecule has 2 aromatic rings. The number of carbonyl (C=O) groups excluding carboxylic acids is 1. The number of hydrogen-bond donors (Lipinski definition) is 0. The molecule has 0 aliphatic carbocycles. The van der Waals surface area contributed by atoms with Crippen molar-refractivity contribution in [3.05, 3.63) is 44.3 Å². The first-order valence-electron chi connectivity index (χ1n) is 9.55. The Bertz CT molecular complexity index is 983. The summed E-state index contributed by atoms with van der Waals surface area (Å²) in [7, 11) is -3.41. The maximum absolute atomic E-state index is 12.1. The van der Waals surface area contributed by atoms with Crippen molar-refractivity contribution in [2.45, 2.75) is 39.2 Å². The lowest BCUT2D eigenvalue weighted by atomic mass is 10.2. The quantitative estimate of drug-likeness (QED) is 0.433. The van der Waals surface area contributed by atoms with Crippen LogP contribution in [-0.2, 0) is 21.2 Å². The summed E-state index contributed by atoms with van der Waals surface area (Å²) in [6.07, 6.45) is 2.26. The highest BCUT2D eigenvalue weighted by Crippen LogP contribution is 2.24. The number of benzene rings is 1. The van der Waals surface area contributed by atoms with E-state index in [0.29, 0.717) is 35.2 Å². The highest BCUT2D eigenvalue weighted by molar-refractivity contribution is 7.88. The summed E-state index contributed by atoms with van der Waals surface area (Å²) in [5.74, 6) is 0.00874. The minimum absolute atomic E-state index is 0.157. The molecule has 1 heterocycles. The number of nitrogens with zero attached hydrogens (tertiary/aromatic N) is 2. The van der Waals surface area contributed by atoms with Crippen molar-refractivity contribution < 1.29 is 22.7 Å². The summed E-state index contributed by atoms with van der Waals surface area (Å²) >= 11 is 13.2. The van der Waals surface area contributed by atoms with Gasteiger partial charge in [-0.15, -0.1) is 11.3 Å². The van der Waals surface area contributed by atoms with Crippen molar-refractivity contribution in [2.24, 2.45) is 0 Å². The van der Waals surface area contributed by atoms with Crippen molar-refractivity contribution in [1.82, 2.24) is 9.29 Å². The predicted molar refractivity (Wildman–Crippen MR) is 124 cm³/mol. The van der Waals surface area contributed by atoms with E-state index in [0.717, 1.165) is 11.3 Å². The fraction of sp³-hybridized carbons (Fsp3) is 0.500. The van der Waals surface area contributed by atoms with Crippen LogP contribution in [0.15, 0.2) is 23.6 Å². The molecule has 11 heteroatoms. The Morgan fingerprint density at radius 2 is 1.81 bits per heavy atom. The van der Waals surface area contributed by atoms with E-state index >= 15 is 0 Å². The Balaban J connectivity index is 1.86. The van der Waals surface area contributed by atoms with E-state index in [1.165, 1.54) is 15.6 Å². The van der Waals surface area contributed by atoms with Crippen LogP contribution < -0.4 is 4.74 Å². The lowest BCUT2D eigenvalue weighted by molar-refractivity contribution is 0.00634. The second-order valence-electron chi connectivity index (χ2n) is 7.85. The standard InChI is InChI=1S/C20H26Cl2N2O5S2/c1-20(2,3)29-19(25)17-13-30-18(23-17)6-5-7-24(31(4,26)27)8-9-28-16-11-14(21)10-15(22)12-16/h10-13H,5-9H2,1-4H3. The van der Waals surface area contributed by atoms with Gasteiger partial charge in [-0.3, -0.25) is 0 Å². The molecule has 2 rings (SSSR count). The zero-order chi connectivity index (χ0) is 23.2. The van der Waals surface area contributed by atoms with Gasteiger partial charge in [0.05, 0.1) is 11.3 Å². The van der Waals surface area contributed by atoms with Crippen LogP contribution >= 0.6 is 34.5 Å². The van der Waals surface area contributed by atoms with Crippen LogP contribution in [0.25, 0.3) is 0 Å². The third-order valence-corrected chi connectivity index (χ3v) is 6.52. The normalized spacial score (nSPS) is 12.2. The number of esters is 1. The molecule has 1 aromatic heterocycles. The molecule has 172 valence electrons. The molecule has 7 nitrogen and oxygen atoms in total. The maximum atomic E-state index is 12.1. The Hall–Kier alpha value is -1.39. The van der Waals surface area contributed by atoms with Crippen molar-refractivity contribution in [1.29, 1.82) is 0 Å². The molecule has 0 N–H and O–H groups in total. The van der Waals surface area contributed by atoms with Crippen LogP contribution in [-0.4, -0.2) is 55.2 Å². The van der Waals surface area contributed by atoms with Crippen molar-refractivity contribution in [2.75, 3.05) is 26.0 Å². The van der Waals surface area contributed by atoms with E-state index in [-0.39, 0.29) is 18.8 Å². The first-order valence-corrected chi connectivity index (χ1v) is 13.0. The van der Waals surface area contributed by atoms with E-state index in [1.54, 1.807) is 44.4 Å². The van der Waals surface area contributed by atoms with Crippen LogP contribution in [0.4, 0.5) is 0 Å². The molecule has 0 radical (unpaired) electrons. The molecule has 0 fully saturated rings. The summed E-state index contributed by atoms with van der Waals surface area (Å²) in [6.45, 7) is 6.03. The van der Waals surface area contributed by atoms with Gasteiger partial charge < -0.3 is 9.47 Å². The predicted octanol–water partition coefficient (Wildman–Crippen LogP) is 4.68. The molecule has 0 amide bonds. The maximum Gasteiger partial charge on any atom is 0.358 e. The number of rotatable bonds is 10. The lowest BCUT2D eigenvalue weighted by Gasteiger charge is -2.20. The summed E-state index contributed by atoms with van der Waals surface area (Å²) in [5, 5.41) is 3.29. The average Bonchev–Trinajstić information content (AvgIpc) is 3.06. The Labute approximate surface area is 197 Å². The van der Waals surface area contributed by atoms with Gasteiger partial charge in [0.2, 0.25) is 10.0 Å². The van der Waals surface area contributed by atoms with Gasteiger partial charge in [0.1, 0.15) is 18.0 Å². The molecule has 0 unspecified atom stereocenters. The first-order chi connectivity index (χ1) is 14.3. The van der Waals surface area contributed by atoms with Crippen LogP contribution in [0.2, 0.25) is 10.0 Å². The first kappa shape index (κ1) is 25.9. The van der Waals surface area contributed by atoms with Gasteiger partial charge in [-0.2, -0.15) is 4.31 Å².